The first-order valence-electron chi connectivity index (χ1n) is 7.50. The van der Waals surface area contributed by atoms with Gasteiger partial charge >= 0.3 is 0 Å². The summed E-state index contributed by atoms with van der Waals surface area (Å²) < 4.78 is 2.11. The highest BCUT2D eigenvalue weighted by atomic mass is 32.1. The molecule has 4 heteroatoms. The van der Waals surface area contributed by atoms with E-state index < -0.39 is 0 Å². The van der Waals surface area contributed by atoms with Crippen molar-refractivity contribution in [3.8, 4) is 0 Å². The molecule has 2 N–H and O–H groups in total. The van der Waals surface area contributed by atoms with Gasteiger partial charge in [0.2, 0.25) is 0 Å². The first kappa shape index (κ1) is 13.0. The van der Waals surface area contributed by atoms with E-state index in [9.17, 15) is 0 Å². The quantitative estimate of drug-likeness (QED) is 0.807. The Bertz CT molecular complexity index is 745. The lowest BCUT2D eigenvalue weighted by Gasteiger charge is -2.38. The molecule has 0 saturated carbocycles. The van der Waals surface area contributed by atoms with E-state index in [1.165, 1.54) is 24.0 Å². The van der Waals surface area contributed by atoms with Gasteiger partial charge in [0.25, 0.3) is 0 Å². The molecule has 21 heavy (non-hydrogen) atoms. The van der Waals surface area contributed by atoms with Crippen molar-refractivity contribution in [2.24, 2.45) is 5.73 Å². The summed E-state index contributed by atoms with van der Waals surface area (Å²) in [6.07, 6.45) is 8.72. The average Bonchev–Trinajstić information content (AvgIpc) is 3.08. The number of hydrogen-bond donors (Lipinski definition) is 1. The molecular weight excluding hydrogens is 278 g/mol. The Morgan fingerprint density at radius 2 is 2.24 bits per heavy atom. The molecule has 0 radical (unpaired) electrons. The molecule has 0 amide bonds. The van der Waals surface area contributed by atoms with E-state index >= 15 is 0 Å². The number of aryl methyl sites for hydroxylation is 1. The maximum Gasteiger partial charge on any atom is 0.193 e. The van der Waals surface area contributed by atoms with Crippen molar-refractivity contribution in [3.05, 3.63) is 58.9 Å². The largest absolute Gasteiger partial charge is 0.330 e. The van der Waals surface area contributed by atoms with Crippen molar-refractivity contribution >= 4 is 16.3 Å². The van der Waals surface area contributed by atoms with Crippen molar-refractivity contribution < 1.29 is 0 Å². The maximum atomic E-state index is 6.24. The topological polar surface area (TPSA) is 43.3 Å². The Morgan fingerprint density at radius 1 is 1.33 bits per heavy atom. The van der Waals surface area contributed by atoms with Gasteiger partial charge in [0, 0.05) is 36.2 Å². The number of aromatic nitrogens is 2. The summed E-state index contributed by atoms with van der Waals surface area (Å²) in [7, 11) is 0. The summed E-state index contributed by atoms with van der Waals surface area (Å²) in [5.74, 6) is 0. The SMILES string of the molecule is NCC1(Cc2cn3ccsc3n2)CCCc2ccccc21. The van der Waals surface area contributed by atoms with E-state index in [4.69, 9.17) is 10.7 Å². The van der Waals surface area contributed by atoms with Gasteiger partial charge in [-0.1, -0.05) is 24.3 Å². The highest BCUT2D eigenvalue weighted by molar-refractivity contribution is 7.15. The van der Waals surface area contributed by atoms with E-state index in [-0.39, 0.29) is 5.41 Å². The van der Waals surface area contributed by atoms with Gasteiger partial charge in [-0.3, -0.25) is 4.40 Å². The molecule has 1 aliphatic rings. The molecule has 0 fully saturated rings. The van der Waals surface area contributed by atoms with Crippen molar-refractivity contribution in [1.29, 1.82) is 0 Å². The number of rotatable bonds is 3. The fraction of sp³-hybridized carbons (Fsp3) is 0.353. The zero-order valence-corrected chi connectivity index (χ0v) is 12.8. The van der Waals surface area contributed by atoms with E-state index in [1.54, 1.807) is 11.3 Å². The molecule has 108 valence electrons. The smallest absolute Gasteiger partial charge is 0.193 e. The second kappa shape index (κ2) is 4.97. The van der Waals surface area contributed by atoms with E-state index in [1.807, 2.05) is 0 Å². The van der Waals surface area contributed by atoms with Crippen LogP contribution in [0.2, 0.25) is 0 Å². The second-order valence-corrected chi connectivity index (χ2v) is 6.87. The van der Waals surface area contributed by atoms with Crippen molar-refractivity contribution in [1.82, 2.24) is 9.38 Å². The molecule has 0 saturated heterocycles. The van der Waals surface area contributed by atoms with Crippen LogP contribution >= 0.6 is 11.3 Å². The van der Waals surface area contributed by atoms with E-state index in [2.05, 4.69) is 46.4 Å². The minimum absolute atomic E-state index is 0.0544. The molecule has 3 aromatic rings. The van der Waals surface area contributed by atoms with Gasteiger partial charge in [0.05, 0.1) is 5.69 Å². The van der Waals surface area contributed by atoms with Crippen LogP contribution in [-0.4, -0.2) is 15.9 Å². The lowest BCUT2D eigenvalue weighted by Crippen LogP contribution is -2.40. The lowest BCUT2D eigenvalue weighted by molar-refractivity contribution is 0.363. The summed E-state index contributed by atoms with van der Waals surface area (Å²) in [5, 5.41) is 2.07. The molecule has 2 aromatic heterocycles. The average molecular weight is 297 g/mol. The Labute approximate surface area is 128 Å². The van der Waals surface area contributed by atoms with Crippen LogP contribution in [0.1, 0.15) is 29.7 Å². The molecule has 0 aliphatic heterocycles. The van der Waals surface area contributed by atoms with Crippen LogP contribution in [0.4, 0.5) is 0 Å². The number of nitrogens with two attached hydrogens (primary N) is 1. The van der Waals surface area contributed by atoms with Gasteiger partial charge in [-0.2, -0.15) is 0 Å². The number of imidazole rings is 1. The molecule has 1 aliphatic carbocycles. The molecule has 3 nitrogen and oxygen atoms in total. The van der Waals surface area contributed by atoms with Crippen molar-refractivity contribution in [3.63, 3.8) is 0 Å². The van der Waals surface area contributed by atoms with Crippen LogP contribution in [0, 0.1) is 0 Å². The molecule has 0 spiro atoms. The molecule has 1 atom stereocenters. The van der Waals surface area contributed by atoms with Gasteiger partial charge in [-0.05, 0) is 30.4 Å². The Balaban J connectivity index is 1.75. The Kier molecular flexibility index (Phi) is 3.08. The van der Waals surface area contributed by atoms with Crippen LogP contribution in [0.25, 0.3) is 4.96 Å². The van der Waals surface area contributed by atoms with Gasteiger partial charge in [0.15, 0.2) is 4.96 Å². The fourth-order valence-electron chi connectivity index (χ4n) is 3.68. The third-order valence-electron chi connectivity index (χ3n) is 4.74. The number of benzene rings is 1. The van der Waals surface area contributed by atoms with Gasteiger partial charge in [-0.15, -0.1) is 11.3 Å². The number of hydrogen-bond acceptors (Lipinski definition) is 3. The first-order chi connectivity index (χ1) is 10.3. The number of thiazole rings is 1. The zero-order valence-electron chi connectivity index (χ0n) is 12.0. The first-order valence-corrected chi connectivity index (χ1v) is 8.38. The van der Waals surface area contributed by atoms with E-state index in [0.29, 0.717) is 6.54 Å². The second-order valence-electron chi connectivity index (χ2n) is 6.00. The summed E-state index contributed by atoms with van der Waals surface area (Å²) in [6.45, 7) is 0.690. The maximum absolute atomic E-state index is 6.24. The lowest BCUT2D eigenvalue weighted by atomic mass is 9.67. The standard InChI is InChI=1S/C17H19N3S/c18-12-17(7-3-5-13-4-1-2-6-15(13)17)10-14-11-20-8-9-21-16(20)19-14/h1-2,4,6,8-9,11H,3,5,7,10,12,18H2. The van der Waals surface area contributed by atoms with Gasteiger partial charge in [0.1, 0.15) is 0 Å². The number of nitrogens with zero attached hydrogens (tertiary/aromatic N) is 2. The monoisotopic (exact) mass is 297 g/mol. The molecular formula is C17H19N3S. The van der Waals surface area contributed by atoms with Crippen LogP contribution in [0.3, 0.4) is 0 Å². The van der Waals surface area contributed by atoms with Gasteiger partial charge < -0.3 is 5.73 Å². The van der Waals surface area contributed by atoms with Crippen LogP contribution in [-0.2, 0) is 18.3 Å². The van der Waals surface area contributed by atoms with Crippen LogP contribution < -0.4 is 5.73 Å². The molecule has 4 rings (SSSR count). The molecule has 2 heterocycles. The highest BCUT2D eigenvalue weighted by Crippen LogP contribution is 2.39. The normalized spacial score (nSPS) is 21.6. The predicted molar refractivity (Wildman–Crippen MR) is 86.9 cm³/mol. The number of fused-ring (bicyclic) bond motifs is 2. The summed E-state index contributed by atoms with van der Waals surface area (Å²) in [5.41, 5.74) is 10.4. The third kappa shape index (κ3) is 2.10. The summed E-state index contributed by atoms with van der Waals surface area (Å²) in [6, 6.07) is 8.79. The minimum Gasteiger partial charge on any atom is -0.330 e. The Morgan fingerprint density at radius 3 is 3.10 bits per heavy atom. The van der Waals surface area contributed by atoms with Crippen molar-refractivity contribution in [2.45, 2.75) is 31.1 Å². The Hall–Kier alpha value is -1.65. The predicted octanol–water partition coefficient (Wildman–Crippen LogP) is 3.17. The van der Waals surface area contributed by atoms with E-state index in [0.717, 1.165) is 23.5 Å². The molecule has 1 aromatic carbocycles. The van der Waals surface area contributed by atoms with Gasteiger partial charge in [-0.25, -0.2) is 4.98 Å². The zero-order chi connectivity index (χ0) is 14.3. The van der Waals surface area contributed by atoms with Crippen molar-refractivity contribution in [2.75, 3.05) is 6.54 Å². The third-order valence-corrected chi connectivity index (χ3v) is 5.51. The summed E-state index contributed by atoms with van der Waals surface area (Å²) in [4.78, 5) is 5.83. The molecule has 0 bridgehead atoms. The highest BCUT2D eigenvalue weighted by Gasteiger charge is 2.36. The summed E-state index contributed by atoms with van der Waals surface area (Å²) >= 11 is 1.68. The van der Waals surface area contributed by atoms with Crippen LogP contribution in [0.15, 0.2) is 42.0 Å². The van der Waals surface area contributed by atoms with Crippen LogP contribution in [0.5, 0.6) is 0 Å². The molecule has 1 unspecified atom stereocenters. The fourth-order valence-corrected chi connectivity index (χ4v) is 4.40. The minimum atomic E-state index is 0.0544.